The summed E-state index contributed by atoms with van der Waals surface area (Å²) in [5.74, 6) is 0. The number of rotatable bonds is 8. The van der Waals surface area contributed by atoms with Gasteiger partial charge in [-0.1, -0.05) is 231 Å². The molecule has 79 heavy (non-hydrogen) atoms. The van der Waals surface area contributed by atoms with Crippen molar-refractivity contribution in [3.63, 3.8) is 0 Å². The third kappa shape index (κ3) is 7.05. The molecule has 14 aromatic rings. The van der Waals surface area contributed by atoms with Crippen molar-refractivity contribution in [2.75, 3.05) is 0 Å². The first kappa shape index (κ1) is 45.0. The van der Waals surface area contributed by atoms with Crippen LogP contribution in [-0.2, 0) is 5.41 Å². The highest BCUT2D eigenvalue weighted by Gasteiger charge is 2.51. The van der Waals surface area contributed by atoms with Gasteiger partial charge in [0, 0.05) is 32.9 Å². The molecule has 2 aliphatic rings. The Bertz CT molecular complexity index is 4490. The summed E-state index contributed by atoms with van der Waals surface area (Å²) in [7, 11) is 0. The zero-order chi connectivity index (χ0) is 52.0. The van der Waals surface area contributed by atoms with E-state index in [0.717, 1.165) is 11.1 Å². The zero-order valence-electron chi connectivity index (χ0n) is 43.3. The van der Waals surface area contributed by atoms with Gasteiger partial charge in [-0.15, -0.1) is 0 Å². The van der Waals surface area contributed by atoms with E-state index in [1.165, 1.54) is 133 Å². The second kappa shape index (κ2) is 17.9. The molecule has 368 valence electrons. The smallest absolute Gasteiger partial charge is 0.0725 e. The highest BCUT2D eigenvalue weighted by Crippen LogP contribution is 2.63. The molecular formula is C77H50N2. The summed E-state index contributed by atoms with van der Waals surface area (Å²) in [4.78, 5) is 0. The summed E-state index contributed by atoms with van der Waals surface area (Å²) in [6.07, 6.45) is 8.95. The van der Waals surface area contributed by atoms with E-state index in [1.54, 1.807) is 0 Å². The van der Waals surface area contributed by atoms with Crippen LogP contribution >= 0.6 is 0 Å². The van der Waals surface area contributed by atoms with E-state index in [9.17, 15) is 0 Å². The van der Waals surface area contributed by atoms with Crippen molar-refractivity contribution in [2.45, 2.75) is 5.41 Å². The number of benzene rings is 12. The van der Waals surface area contributed by atoms with E-state index < -0.39 is 5.41 Å². The van der Waals surface area contributed by atoms with E-state index in [2.05, 4.69) is 312 Å². The Balaban J connectivity index is 0.719. The van der Waals surface area contributed by atoms with Gasteiger partial charge in [0.1, 0.15) is 0 Å². The number of hydrogen-bond donors (Lipinski definition) is 0. The molecule has 0 radical (unpaired) electrons. The summed E-state index contributed by atoms with van der Waals surface area (Å²) in [5.41, 5.74) is 26.8. The molecule has 0 N–H and O–H groups in total. The first-order chi connectivity index (χ1) is 39.2. The molecule has 12 aromatic carbocycles. The predicted molar refractivity (Wildman–Crippen MR) is 333 cm³/mol. The second-order valence-electron chi connectivity index (χ2n) is 21.2. The molecular weight excluding hydrogens is 953 g/mol. The minimum absolute atomic E-state index is 0.474. The van der Waals surface area contributed by atoms with Crippen molar-refractivity contribution >= 4 is 67.9 Å². The lowest BCUT2D eigenvalue weighted by molar-refractivity contribution is 0.794. The molecule has 16 rings (SSSR count). The first-order valence-electron chi connectivity index (χ1n) is 27.4. The van der Waals surface area contributed by atoms with Crippen LogP contribution in [-0.4, -0.2) is 9.13 Å². The van der Waals surface area contributed by atoms with Crippen LogP contribution in [0, 0.1) is 0 Å². The van der Waals surface area contributed by atoms with Gasteiger partial charge < -0.3 is 9.13 Å². The summed E-state index contributed by atoms with van der Waals surface area (Å²) < 4.78 is 4.73. The fourth-order valence-electron chi connectivity index (χ4n) is 13.4. The fourth-order valence-corrected chi connectivity index (χ4v) is 13.4. The van der Waals surface area contributed by atoms with Crippen LogP contribution < -0.4 is 0 Å². The molecule has 1 spiro atoms. The Labute approximate surface area is 459 Å². The standard InChI is InChI=1S/C77H50N2/c1-3-15-59(16-4-1)78-73-25-13-9-21-65(73)67-47-53(35-45-75(67)78)29-27-51-31-37-55(38-32-51)57-41-43-63-64-44-42-58(50-72(64)77(71(63)49-57)69-23-11-7-19-61(69)62-20-8-12-24-70(62)77)56-39-33-52(34-40-56)28-30-54-36-46-76-68(48-54)66-22-10-14-26-74(66)79(76)60-17-5-2-6-18-60/h1-50H. The van der Waals surface area contributed by atoms with Crippen LogP contribution in [0.15, 0.2) is 279 Å². The van der Waals surface area contributed by atoms with Gasteiger partial charge in [-0.25, -0.2) is 0 Å². The average Bonchev–Trinajstić information content (AvgIpc) is 4.17. The normalized spacial score (nSPS) is 13.1. The predicted octanol–water partition coefficient (Wildman–Crippen LogP) is 19.9. The maximum atomic E-state index is 2.49. The largest absolute Gasteiger partial charge is 0.309 e. The summed E-state index contributed by atoms with van der Waals surface area (Å²) in [6.45, 7) is 0. The van der Waals surface area contributed by atoms with Crippen molar-refractivity contribution in [1.82, 2.24) is 9.13 Å². The molecule has 0 atom stereocenters. The maximum absolute atomic E-state index is 2.49. The van der Waals surface area contributed by atoms with E-state index in [1.807, 2.05) is 0 Å². The van der Waals surface area contributed by atoms with Crippen LogP contribution in [0.5, 0.6) is 0 Å². The lowest BCUT2D eigenvalue weighted by Crippen LogP contribution is -2.26. The van der Waals surface area contributed by atoms with Gasteiger partial charge in [-0.3, -0.25) is 0 Å². The number of aromatic nitrogens is 2. The van der Waals surface area contributed by atoms with Gasteiger partial charge in [0.15, 0.2) is 0 Å². The van der Waals surface area contributed by atoms with E-state index >= 15 is 0 Å². The van der Waals surface area contributed by atoms with Crippen LogP contribution in [0.25, 0.3) is 124 Å². The molecule has 0 amide bonds. The topological polar surface area (TPSA) is 9.86 Å². The molecule has 0 bridgehead atoms. The molecule has 2 aliphatic carbocycles. The fraction of sp³-hybridized carbons (Fsp3) is 0.0130. The molecule has 0 saturated carbocycles. The van der Waals surface area contributed by atoms with Gasteiger partial charge >= 0.3 is 0 Å². The molecule has 0 unspecified atom stereocenters. The van der Waals surface area contributed by atoms with Crippen LogP contribution in [0.4, 0.5) is 0 Å². The van der Waals surface area contributed by atoms with Gasteiger partial charge in [-0.05, 0) is 162 Å². The van der Waals surface area contributed by atoms with Crippen LogP contribution in [0.3, 0.4) is 0 Å². The van der Waals surface area contributed by atoms with Crippen LogP contribution in [0.1, 0.15) is 44.5 Å². The first-order valence-corrected chi connectivity index (χ1v) is 27.4. The Hall–Kier alpha value is -10.3. The molecule has 2 aromatic heterocycles. The third-order valence-electron chi connectivity index (χ3n) is 16.9. The SMILES string of the molecule is C(=Cc1ccc2c(c1)c1ccccc1n2-c1ccccc1)c1ccc(-c2ccc3c(c2)C2(c4ccccc4-c4ccccc42)c2cc(-c4ccc(C=Cc5ccc6c(c5)c5ccccc5n6-c5ccccc5)cc4)ccc2-3)cc1. The Morgan fingerprint density at radius 1 is 0.228 bits per heavy atom. The Kier molecular flexibility index (Phi) is 10.2. The molecule has 2 heterocycles. The second-order valence-corrected chi connectivity index (χ2v) is 21.2. The summed E-state index contributed by atoms with van der Waals surface area (Å²) in [5, 5.41) is 5.03. The van der Waals surface area contributed by atoms with Gasteiger partial charge in [-0.2, -0.15) is 0 Å². The van der Waals surface area contributed by atoms with Crippen molar-refractivity contribution in [1.29, 1.82) is 0 Å². The third-order valence-corrected chi connectivity index (χ3v) is 16.9. The van der Waals surface area contributed by atoms with Crippen molar-refractivity contribution in [2.24, 2.45) is 0 Å². The van der Waals surface area contributed by atoms with E-state index in [0.29, 0.717) is 0 Å². The number of hydrogen-bond acceptors (Lipinski definition) is 0. The Morgan fingerprint density at radius 2 is 0.570 bits per heavy atom. The quantitative estimate of drug-likeness (QED) is 0.134. The molecule has 0 fully saturated rings. The van der Waals surface area contributed by atoms with E-state index in [4.69, 9.17) is 0 Å². The number of nitrogens with zero attached hydrogens (tertiary/aromatic N) is 2. The van der Waals surface area contributed by atoms with Crippen molar-refractivity contribution in [3.05, 3.63) is 324 Å². The van der Waals surface area contributed by atoms with Gasteiger partial charge in [0.2, 0.25) is 0 Å². The average molecular weight is 1000 g/mol. The summed E-state index contributed by atoms with van der Waals surface area (Å²) in [6, 6.07) is 103. The highest BCUT2D eigenvalue weighted by atomic mass is 15.0. The maximum Gasteiger partial charge on any atom is 0.0725 e. The molecule has 2 nitrogen and oxygen atoms in total. The summed E-state index contributed by atoms with van der Waals surface area (Å²) >= 11 is 0. The highest BCUT2D eigenvalue weighted by molar-refractivity contribution is 6.11. The molecule has 2 heteroatoms. The van der Waals surface area contributed by atoms with Gasteiger partial charge in [0.05, 0.1) is 27.5 Å². The van der Waals surface area contributed by atoms with Crippen molar-refractivity contribution in [3.8, 4) is 55.9 Å². The van der Waals surface area contributed by atoms with E-state index in [-0.39, 0.29) is 0 Å². The Morgan fingerprint density at radius 3 is 1.03 bits per heavy atom. The minimum Gasteiger partial charge on any atom is -0.309 e. The molecule has 0 saturated heterocycles. The van der Waals surface area contributed by atoms with Crippen LogP contribution in [0.2, 0.25) is 0 Å². The zero-order valence-corrected chi connectivity index (χ0v) is 43.3. The number of para-hydroxylation sites is 4. The minimum atomic E-state index is -0.474. The van der Waals surface area contributed by atoms with Crippen molar-refractivity contribution < 1.29 is 0 Å². The van der Waals surface area contributed by atoms with Gasteiger partial charge in [0.25, 0.3) is 0 Å². The molecule has 0 aliphatic heterocycles. The monoisotopic (exact) mass is 1000 g/mol. The lowest BCUT2D eigenvalue weighted by Gasteiger charge is -2.31. The lowest BCUT2D eigenvalue weighted by atomic mass is 9.70. The number of fused-ring (bicyclic) bond motifs is 16.